The van der Waals surface area contributed by atoms with Gasteiger partial charge in [-0.1, -0.05) is 30.2 Å². The van der Waals surface area contributed by atoms with Crippen LogP contribution in [0.5, 0.6) is 0 Å². The van der Waals surface area contributed by atoms with E-state index in [0.717, 1.165) is 47.8 Å². The predicted octanol–water partition coefficient (Wildman–Crippen LogP) is 7.08. The van der Waals surface area contributed by atoms with Crippen LogP contribution in [0.2, 0.25) is 0 Å². The highest BCUT2D eigenvalue weighted by atomic mass is 19.4. The number of anilines is 1. The van der Waals surface area contributed by atoms with Crippen molar-refractivity contribution in [3.8, 4) is 0 Å². The van der Waals surface area contributed by atoms with E-state index in [0.29, 0.717) is 54.9 Å². The molecule has 2 fully saturated rings. The third kappa shape index (κ3) is 7.00. The van der Waals surface area contributed by atoms with Crippen LogP contribution in [0.15, 0.2) is 42.5 Å². The molecule has 2 aromatic carbocycles. The van der Waals surface area contributed by atoms with Crippen LogP contribution in [0.3, 0.4) is 0 Å². The second kappa shape index (κ2) is 12.3. The third-order valence-corrected chi connectivity index (χ3v) is 8.51. The van der Waals surface area contributed by atoms with Crippen molar-refractivity contribution >= 4 is 22.8 Å². The third-order valence-electron chi connectivity index (χ3n) is 8.51. The highest BCUT2D eigenvalue weighted by Gasteiger charge is 2.38. The fourth-order valence-electron chi connectivity index (χ4n) is 5.97. The predicted molar refractivity (Wildman–Crippen MR) is 159 cm³/mol. The average molecular weight is 648 g/mol. The van der Waals surface area contributed by atoms with Crippen molar-refractivity contribution < 1.29 is 31.1 Å². The zero-order valence-electron chi connectivity index (χ0n) is 25.6. The van der Waals surface area contributed by atoms with Gasteiger partial charge in [0.1, 0.15) is 5.69 Å². The molecule has 0 radical (unpaired) electrons. The first kappa shape index (κ1) is 31.9. The number of carbonyl (C=O) groups excluding carboxylic acids is 1. The van der Waals surface area contributed by atoms with Gasteiger partial charge in [0.05, 0.1) is 18.2 Å². The maximum absolute atomic E-state index is 14.5. The van der Waals surface area contributed by atoms with Crippen LogP contribution < -0.4 is 4.90 Å². The first-order valence-corrected chi connectivity index (χ1v) is 15.5. The van der Waals surface area contributed by atoms with Gasteiger partial charge in [0.2, 0.25) is 0 Å². The van der Waals surface area contributed by atoms with Crippen LogP contribution in [0.4, 0.5) is 32.3 Å². The van der Waals surface area contributed by atoms with E-state index < -0.39 is 30.0 Å². The molecule has 0 atom stereocenters. The van der Waals surface area contributed by atoms with Gasteiger partial charge >= 0.3 is 12.4 Å². The van der Waals surface area contributed by atoms with Crippen LogP contribution in [-0.2, 0) is 39.0 Å². The summed E-state index contributed by atoms with van der Waals surface area (Å²) >= 11 is 0. The normalized spacial score (nSPS) is 15.5. The Hall–Kier alpha value is -4.10. The zero-order valence-corrected chi connectivity index (χ0v) is 25.6. The number of hydrogen-bond donors (Lipinski definition) is 0. The number of hydrogen-bond acceptors (Lipinski definition) is 5. The summed E-state index contributed by atoms with van der Waals surface area (Å²) in [7, 11) is 1.51. The number of halogens is 6. The lowest BCUT2D eigenvalue weighted by atomic mass is 10.0. The summed E-state index contributed by atoms with van der Waals surface area (Å²) in [5.74, 6) is 0.800. The number of benzene rings is 2. The number of rotatable bonds is 12. The summed E-state index contributed by atoms with van der Waals surface area (Å²) in [6.45, 7) is 3.42. The highest BCUT2D eigenvalue weighted by molar-refractivity contribution is 6.02. The Morgan fingerprint density at radius 3 is 2.04 bits per heavy atom. The number of carbonyl (C=O) groups is 1. The fraction of sp³-hybridized carbons (Fsp3) is 0.500. The number of fused-ring (bicyclic) bond motifs is 1. The van der Waals surface area contributed by atoms with Crippen LogP contribution in [0.25, 0.3) is 10.9 Å². The number of aromatic nitrogens is 5. The molecule has 246 valence electrons. The van der Waals surface area contributed by atoms with Gasteiger partial charge in [-0.15, -0.1) is 5.10 Å². The van der Waals surface area contributed by atoms with Gasteiger partial charge in [0, 0.05) is 49.2 Å². The van der Waals surface area contributed by atoms with E-state index in [4.69, 9.17) is 0 Å². The summed E-state index contributed by atoms with van der Waals surface area (Å²) in [4.78, 5) is 19.1. The number of tetrazole rings is 1. The van der Waals surface area contributed by atoms with Crippen LogP contribution >= 0.6 is 0 Å². The summed E-state index contributed by atoms with van der Waals surface area (Å²) in [5.41, 5.74) is -1.14. The molecule has 0 spiro atoms. The number of nitrogens with zero attached hydrogens (tertiary/aromatic N) is 7. The lowest BCUT2D eigenvalue weighted by Crippen LogP contribution is -2.37. The lowest BCUT2D eigenvalue weighted by molar-refractivity contribution is -0.143. The Kier molecular flexibility index (Phi) is 8.49. The van der Waals surface area contributed by atoms with Crippen molar-refractivity contribution in [1.29, 1.82) is 0 Å². The van der Waals surface area contributed by atoms with Crippen molar-refractivity contribution in [2.24, 2.45) is 18.9 Å². The molecular formula is C32H35F6N7O. The minimum atomic E-state index is -4.99. The maximum Gasteiger partial charge on any atom is 0.416 e. The largest absolute Gasteiger partial charge is 0.416 e. The van der Waals surface area contributed by atoms with Gasteiger partial charge in [0.15, 0.2) is 0 Å². The molecule has 2 aromatic heterocycles. The maximum atomic E-state index is 14.5. The SMILES string of the molecule is CCCn1c(C(=O)N(CC2CC2)CC2CC2)c(CN(Cc2cc(C(F)(F)F)cc(C(F)(F)F)c2)c2nnn(C)n2)c2ccccc21. The van der Waals surface area contributed by atoms with E-state index in [1.807, 2.05) is 40.7 Å². The van der Waals surface area contributed by atoms with Crippen LogP contribution in [0, 0.1) is 11.8 Å². The smallest absolute Gasteiger partial charge is 0.337 e. The second-order valence-corrected chi connectivity index (χ2v) is 12.4. The first-order chi connectivity index (χ1) is 21.8. The minimum absolute atomic E-state index is 0.00649. The van der Waals surface area contributed by atoms with Gasteiger partial charge in [-0.2, -0.15) is 31.1 Å². The van der Waals surface area contributed by atoms with Crippen LogP contribution in [-0.4, -0.2) is 48.7 Å². The van der Waals surface area contributed by atoms with E-state index >= 15 is 0 Å². The van der Waals surface area contributed by atoms with E-state index in [-0.39, 0.29) is 30.0 Å². The Balaban J connectivity index is 1.46. The average Bonchev–Trinajstić information content (AvgIpc) is 3.93. The zero-order chi connectivity index (χ0) is 32.8. The lowest BCUT2D eigenvalue weighted by Gasteiger charge is -2.26. The summed E-state index contributed by atoms with van der Waals surface area (Å²) < 4.78 is 84.4. The molecule has 0 bridgehead atoms. The number of alkyl halides is 6. The molecule has 1 amide bonds. The number of amides is 1. The number of para-hydroxylation sites is 1. The molecule has 2 aliphatic carbocycles. The van der Waals surface area contributed by atoms with Gasteiger partial charge in [-0.25, -0.2) is 0 Å². The van der Waals surface area contributed by atoms with Crippen molar-refractivity contribution in [1.82, 2.24) is 29.7 Å². The molecule has 46 heavy (non-hydrogen) atoms. The highest BCUT2D eigenvalue weighted by Crippen LogP contribution is 2.38. The van der Waals surface area contributed by atoms with Gasteiger partial charge in [-0.3, -0.25) is 4.79 Å². The van der Waals surface area contributed by atoms with E-state index in [1.165, 1.54) is 11.9 Å². The molecule has 2 saturated carbocycles. The Morgan fingerprint density at radius 1 is 0.913 bits per heavy atom. The number of aryl methyl sites for hydroxylation is 2. The molecule has 8 nitrogen and oxygen atoms in total. The molecule has 0 N–H and O–H groups in total. The molecular weight excluding hydrogens is 612 g/mol. The first-order valence-electron chi connectivity index (χ1n) is 15.5. The topological polar surface area (TPSA) is 72.1 Å². The van der Waals surface area contributed by atoms with Crippen LogP contribution in [0.1, 0.15) is 71.8 Å². The van der Waals surface area contributed by atoms with Crippen molar-refractivity contribution in [2.75, 3.05) is 18.0 Å². The Morgan fingerprint density at radius 2 is 1.52 bits per heavy atom. The Labute approximate surface area is 261 Å². The van der Waals surface area contributed by atoms with Crippen molar-refractivity contribution in [3.63, 3.8) is 0 Å². The molecule has 2 heterocycles. The Bertz CT molecular complexity index is 1670. The quantitative estimate of drug-likeness (QED) is 0.154. The molecule has 2 aliphatic rings. The standard InChI is InChI=1S/C32H35F6N7O/c1-3-12-45-27-7-5-4-6-25(27)26(28(45)29(46)43(16-20-8-9-20)17-21-10-11-21)19-44(30-39-41-42(2)40-30)18-22-13-23(31(33,34)35)15-24(14-22)32(36,37)38/h4-7,13-15,20-21H,3,8-12,16-19H2,1-2H3. The van der Waals surface area contributed by atoms with E-state index in [9.17, 15) is 31.1 Å². The second-order valence-electron chi connectivity index (χ2n) is 12.4. The summed E-state index contributed by atoms with van der Waals surface area (Å²) in [5, 5.41) is 12.9. The summed E-state index contributed by atoms with van der Waals surface area (Å²) in [6.07, 6.45) is -4.96. The molecule has 4 aromatic rings. The van der Waals surface area contributed by atoms with Crippen molar-refractivity contribution in [2.45, 2.75) is 71.0 Å². The van der Waals surface area contributed by atoms with Crippen molar-refractivity contribution in [3.05, 3.63) is 70.4 Å². The van der Waals surface area contributed by atoms with Gasteiger partial charge < -0.3 is 14.4 Å². The van der Waals surface area contributed by atoms with E-state index in [1.54, 1.807) is 0 Å². The molecule has 0 unspecified atom stereocenters. The molecule has 6 rings (SSSR count). The van der Waals surface area contributed by atoms with Gasteiger partial charge in [0.25, 0.3) is 11.9 Å². The molecule has 0 saturated heterocycles. The minimum Gasteiger partial charge on any atom is -0.337 e. The fourth-order valence-corrected chi connectivity index (χ4v) is 5.97. The van der Waals surface area contributed by atoms with E-state index in [2.05, 4.69) is 15.4 Å². The summed E-state index contributed by atoms with van der Waals surface area (Å²) in [6, 6.07) is 9.05. The molecule has 0 aliphatic heterocycles. The van der Waals surface area contributed by atoms with Gasteiger partial charge in [-0.05, 0) is 79.0 Å². The molecule has 14 heteroatoms. The monoisotopic (exact) mass is 647 g/mol.